The molecule has 1 saturated heterocycles. The molecule has 0 aromatic heterocycles. The molecule has 0 aliphatic carbocycles. The number of halogens is 5. The molecule has 3 aromatic carbocycles. The number of rotatable bonds is 8. The largest absolute Gasteiger partial charge is 0.491 e. The van der Waals surface area contributed by atoms with E-state index in [9.17, 15) is 22.0 Å². The molecule has 2 atom stereocenters. The van der Waals surface area contributed by atoms with Crippen LogP contribution in [0.1, 0.15) is 42.6 Å². The summed E-state index contributed by atoms with van der Waals surface area (Å²) in [6.45, 7) is 6.06. The molecule has 1 heterocycles. The lowest BCUT2D eigenvalue weighted by Crippen LogP contribution is -2.19. The smallest absolute Gasteiger partial charge is 0.201 e. The standard InChI is InChI=1S/C29H27F5O2/c1-3-17-5-13-24(36-16-17)20-9-7-18(23(30)15-20)6-8-19-10-11-21(27(32)26(19)31)22-12-14-25(35-4-2)29(34)28(22)33/h3,7,9-12,14-15,17,24H,1,4-6,8,13,16H2,2H3. The fraction of sp³-hybridized carbons (Fsp3) is 0.310. The maximum Gasteiger partial charge on any atom is 0.201 e. The molecule has 2 unspecified atom stereocenters. The number of benzene rings is 3. The molecule has 4 rings (SSSR count). The molecule has 1 aliphatic rings. The topological polar surface area (TPSA) is 18.5 Å². The first kappa shape index (κ1) is 25.9. The van der Waals surface area contributed by atoms with Crippen molar-refractivity contribution in [3.05, 3.63) is 101 Å². The molecule has 0 spiro atoms. The normalized spacial score (nSPS) is 17.7. The van der Waals surface area contributed by atoms with Crippen LogP contribution >= 0.6 is 0 Å². The highest BCUT2D eigenvalue weighted by Gasteiger charge is 2.23. The highest BCUT2D eigenvalue weighted by Crippen LogP contribution is 2.34. The summed E-state index contributed by atoms with van der Waals surface area (Å²) in [5.74, 6) is -5.50. The summed E-state index contributed by atoms with van der Waals surface area (Å²) < 4.78 is 83.9. The minimum atomic E-state index is -1.32. The van der Waals surface area contributed by atoms with Crippen LogP contribution in [0.5, 0.6) is 5.75 Å². The molecule has 190 valence electrons. The van der Waals surface area contributed by atoms with Gasteiger partial charge < -0.3 is 9.47 Å². The van der Waals surface area contributed by atoms with Gasteiger partial charge in [0, 0.05) is 17.0 Å². The maximum atomic E-state index is 14.8. The Morgan fingerprint density at radius 3 is 2.17 bits per heavy atom. The molecule has 0 amide bonds. The van der Waals surface area contributed by atoms with Crippen molar-refractivity contribution in [1.82, 2.24) is 0 Å². The average Bonchev–Trinajstić information content (AvgIpc) is 2.89. The molecule has 0 radical (unpaired) electrons. The average molecular weight is 503 g/mol. The first-order chi connectivity index (χ1) is 17.3. The van der Waals surface area contributed by atoms with E-state index in [0.29, 0.717) is 18.1 Å². The first-order valence-corrected chi connectivity index (χ1v) is 11.9. The Morgan fingerprint density at radius 2 is 1.53 bits per heavy atom. The molecular formula is C29H27F5O2. The lowest BCUT2D eigenvalue weighted by molar-refractivity contribution is -0.00530. The summed E-state index contributed by atoms with van der Waals surface area (Å²) in [7, 11) is 0. The Labute approximate surface area is 207 Å². The summed E-state index contributed by atoms with van der Waals surface area (Å²) in [6.07, 6.45) is 3.53. The van der Waals surface area contributed by atoms with Crippen LogP contribution in [0.4, 0.5) is 22.0 Å². The number of hydrogen-bond donors (Lipinski definition) is 0. The van der Waals surface area contributed by atoms with Crippen LogP contribution in [0.3, 0.4) is 0 Å². The highest BCUT2D eigenvalue weighted by atomic mass is 19.2. The van der Waals surface area contributed by atoms with Gasteiger partial charge in [-0.15, -0.1) is 6.58 Å². The Balaban J connectivity index is 1.48. The SMILES string of the molecule is C=CC1CCC(c2ccc(CCc3ccc(-c4ccc(OCC)c(F)c4F)c(F)c3F)c(F)c2)OC1. The van der Waals surface area contributed by atoms with Crippen molar-refractivity contribution in [2.75, 3.05) is 13.2 Å². The monoisotopic (exact) mass is 502 g/mol. The second-order valence-corrected chi connectivity index (χ2v) is 8.82. The van der Waals surface area contributed by atoms with Crippen molar-refractivity contribution >= 4 is 0 Å². The van der Waals surface area contributed by atoms with E-state index in [1.807, 2.05) is 6.08 Å². The number of hydrogen-bond acceptors (Lipinski definition) is 2. The third-order valence-electron chi connectivity index (χ3n) is 6.56. The Bertz CT molecular complexity index is 1250. The van der Waals surface area contributed by atoms with Gasteiger partial charge >= 0.3 is 0 Å². The Morgan fingerprint density at radius 1 is 0.861 bits per heavy atom. The van der Waals surface area contributed by atoms with Crippen molar-refractivity contribution in [3.8, 4) is 16.9 Å². The summed E-state index contributed by atoms with van der Waals surface area (Å²) in [4.78, 5) is 0. The van der Waals surface area contributed by atoms with E-state index in [2.05, 4.69) is 6.58 Å². The van der Waals surface area contributed by atoms with Gasteiger partial charge in [-0.25, -0.2) is 17.6 Å². The molecule has 0 N–H and O–H groups in total. The molecule has 2 nitrogen and oxygen atoms in total. The third-order valence-corrected chi connectivity index (χ3v) is 6.56. The van der Waals surface area contributed by atoms with Crippen molar-refractivity contribution in [3.63, 3.8) is 0 Å². The van der Waals surface area contributed by atoms with E-state index < -0.39 is 40.2 Å². The van der Waals surface area contributed by atoms with Crippen molar-refractivity contribution in [2.45, 2.75) is 38.7 Å². The van der Waals surface area contributed by atoms with Gasteiger partial charge in [-0.1, -0.05) is 30.3 Å². The molecule has 7 heteroatoms. The van der Waals surface area contributed by atoms with Gasteiger partial charge in [0.05, 0.1) is 19.3 Å². The molecule has 0 saturated carbocycles. The van der Waals surface area contributed by atoms with Crippen LogP contribution in [0.15, 0.2) is 55.1 Å². The van der Waals surface area contributed by atoms with Gasteiger partial charge in [0.1, 0.15) is 5.82 Å². The van der Waals surface area contributed by atoms with Gasteiger partial charge in [-0.2, -0.15) is 4.39 Å². The van der Waals surface area contributed by atoms with E-state index in [-0.39, 0.29) is 36.9 Å². The molecule has 1 fully saturated rings. The second kappa shape index (κ2) is 11.2. The van der Waals surface area contributed by atoms with E-state index in [4.69, 9.17) is 9.47 Å². The lowest BCUT2D eigenvalue weighted by atomic mass is 9.93. The van der Waals surface area contributed by atoms with Crippen molar-refractivity contribution < 1.29 is 31.4 Å². The van der Waals surface area contributed by atoms with Crippen molar-refractivity contribution in [2.24, 2.45) is 5.92 Å². The zero-order valence-electron chi connectivity index (χ0n) is 19.9. The zero-order valence-corrected chi connectivity index (χ0v) is 19.9. The van der Waals surface area contributed by atoms with Gasteiger partial charge in [0.15, 0.2) is 23.2 Å². The maximum absolute atomic E-state index is 14.8. The van der Waals surface area contributed by atoms with E-state index in [1.165, 1.54) is 24.3 Å². The zero-order chi connectivity index (χ0) is 25.8. The van der Waals surface area contributed by atoms with Gasteiger partial charge in [0.25, 0.3) is 0 Å². The van der Waals surface area contributed by atoms with Crippen LogP contribution in [0, 0.1) is 35.0 Å². The van der Waals surface area contributed by atoms with Crippen LogP contribution < -0.4 is 4.74 Å². The minimum absolute atomic E-state index is 0.0117. The third kappa shape index (κ3) is 5.31. The summed E-state index contributed by atoms with van der Waals surface area (Å²) in [5.41, 5.74) is 0.298. The van der Waals surface area contributed by atoms with Crippen LogP contribution in [0.2, 0.25) is 0 Å². The summed E-state index contributed by atoms with van der Waals surface area (Å²) >= 11 is 0. The molecule has 1 aliphatic heterocycles. The van der Waals surface area contributed by atoms with E-state index in [1.54, 1.807) is 19.1 Å². The molecule has 36 heavy (non-hydrogen) atoms. The van der Waals surface area contributed by atoms with Crippen LogP contribution in [-0.4, -0.2) is 13.2 Å². The Hall–Kier alpha value is -3.19. The fourth-order valence-electron chi connectivity index (χ4n) is 4.45. The number of aryl methyl sites for hydroxylation is 2. The Kier molecular flexibility index (Phi) is 8.09. The molecular weight excluding hydrogens is 475 g/mol. The van der Waals surface area contributed by atoms with Crippen LogP contribution in [-0.2, 0) is 17.6 Å². The predicted molar refractivity (Wildman–Crippen MR) is 128 cm³/mol. The lowest BCUT2D eigenvalue weighted by Gasteiger charge is -2.27. The van der Waals surface area contributed by atoms with Gasteiger partial charge in [-0.3, -0.25) is 0 Å². The first-order valence-electron chi connectivity index (χ1n) is 11.9. The predicted octanol–water partition coefficient (Wildman–Crippen LogP) is 7.89. The molecule has 0 bridgehead atoms. The van der Waals surface area contributed by atoms with E-state index in [0.717, 1.165) is 24.5 Å². The van der Waals surface area contributed by atoms with Gasteiger partial charge in [-0.05, 0) is 67.5 Å². The highest BCUT2D eigenvalue weighted by molar-refractivity contribution is 5.66. The van der Waals surface area contributed by atoms with Crippen LogP contribution in [0.25, 0.3) is 11.1 Å². The van der Waals surface area contributed by atoms with Gasteiger partial charge in [0.2, 0.25) is 5.82 Å². The fourth-order valence-corrected chi connectivity index (χ4v) is 4.45. The quantitative estimate of drug-likeness (QED) is 0.230. The summed E-state index contributed by atoms with van der Waals surface area (Å²) in [6, 6.07) is 9.67. The summed E-state index contributed by atoms with van der Waals surface area (Å²) in [5, 5.41) is 0. The molecule has 3 aromatic rings. The second-order valence-electron chi connectivity index (χ2n) is 8.82. The van der Waals surface area contributed by atoms with Crippen molar-refractivity contribution in [1.29, 1.82) is 0 Å². The minimum Gasteiger partial charge on any atom is -0.491 e. The number of ether oxygens (including phenoxy) is 2. The van der Waals surface area contributed by atoms with E-state index >= 15 is 0 Å².